The Balaban J connectivity index is 1.88. The third kappa shape index (κ3) is 3.48. The smallest absolute Gasteiger partial charge is 0.253 e. The fourth-order valence-corrected chi connectivity index (χ4v) is 2.61. The molecule has 1 aliphatic heterocycles. The van der Waals surface area contributed by atoms with Gasteiger partial charge in [-0.05, 0) is 45.7 Å². The predicted molar refractivity (Wildman–Crippen MR) is 80.5 cm³/mol. The summed E-state index contributed by atoms with van der Waals surface area (Å²) in [5.74, 6) is 0.459. The number of nitrogens with two attached hydrogens (primary N) is 1. The Kier molecular flexibility index (Phi) is 4.60. The van der Waals surface area contributed by atoms with Crippen molar-refractivity contribution in [2.75, 3.05) is 25.4 Å². The van der Waals surface area contributed by atoms with Gasteiger partial charge in [0.15, 0.2) is 0 Å². The molecule has 0 bridgehead atoms. The molecule has 5 nitrogen and oxygen atoms in total. The van der Waals surface area contributed by atoms with Crippen molar-refractivity contribution >= 4 is 11.6 Å². The highest BCUT2D eigenvalue weighted by atomic mass is 16.1. The van der Waals surface area contributed by atoms with E-state index in [9.17, 15) is 4.79 Å². The second-order valence-electron chi connectivity index (χ2n) is 5.86. The van der Waals surface area contributed by atoms with E-state index in [2.05, 4.69) is 29.0 Å². The van der Waals surface area contributed by atoms with Gasteiger partial charge < -0.3 is 16.0 Å². The summed E-state index contributed by atoms with van der Waals surface area (Å²) in [5, 5.41) is 3.01. The number of rotatable bonds is 4. The van der Waals surface area contributed by atoms with Gasteiger partial charge >= 0.3 is 0 Å². The Morgan fingerprint density at radius 2 is 2.35 bits per heavy atom. The van der Waals surface area contributed by atoms with Crippen LogP contribution in [0.15, 0.2) is 12.3 Å². The lowest BCUT2D eigenvalue weighted by Gasteiger charge is -2.20. The third-order valence-corrected chi connectivity index (χ3v) is 3.95. The fourth-order valence-electron chi connectivity index (χ4n) is 2.61. The first kappa shape index (κ1) is 14.8. The van der Waals surface area contributed by atoms with Crippen molar-refractivity contribution in [1.82, 2.24) is 15.2 Å². The molecule has 1 amide bonds. The molecule has 2 rings (SSSR count). The number of anilines is 1. The second kappa shape index (κ2) is 6.22. The number of hydrogen-bond acceptors (Lipinski definition) is 4. The number of carbonyl (C=O) groups excluding carboxylic acids is 1. The van der Waals surface area contributed by atoms with E-state index in [0.29, 0.717) is 28.9 Å². The number of aromatic nitrogens is 1. The highest BCUT2D eigenvalue weighted by molar-refractivity contribution is 5.95. The molecule has 20 heavy (non-hydrogen) atoms. The van der Waals surface area contributed by atoms with E-state index in [1.807, 2.05) is 6.92 Å². The Morgan fingerprint density at radius 1 is 1.60 bits per heavy atom. The number of likely N-dealkylation sites (tertiary alicyclic amines) is 1. The van der Waals surface area contributed by atoms with E-state index in [-0.39, 0.29) is 5.91 Å². The molecule has 1 unspecified atom stereocenters. The topological polar surface area (TPSA) is 71.2 Å². The van der Waals surface area contributed by atoms with Crippen LogP contribution in [-0.2, 0) is 0 Å². The fraction of sp³-hybridized carbons (Fsp3) is 0.600. The summed E-state index contributed by atoms with van der Waals surface area (Å²) in [5.41, 5.74) is 7.49. The average Bonchev–Trinajstić information content (AvgIpc) is 2.88. The number of nitrogen functional groups attached to an aromatic ring is 1. The first-order valence-corrected chi connectivity index (χ1v) is 7.21. The van der Waals surface area contributed by atoms with Crippen molar-refractivity contribution in [3.8, 4) is 0 Å². The highest BCUT2D eigenvalue weighted by Crippen LogP contribution is 2.18. The average molecular weight is 276 g/mol. The zero-order valence-electron chi connectivity index (χ0n) is 12.5. The Labute approximate surface area is 120 Å². The maximum absolute atomic E-state index is 12.2. The van der Waals surface area contributed by atoms with E-state index < -0.39 is 0 Å². The summed E-state index contributed by atoms with van der Waals surface area (Å²) in [7, 11) is 0. The minimum absolute atomic E-state index is 0.0784. The first-order valence-electron chi connectivity index (χ1n) is 7.21. The number of carbonyl (C=O) groups is 1. The van der Waals surface area contributed by atoms with Crippen LogP contribution in [0.4, 0.5) is 5.69 Å². The molecular weight excluding hydrogens is 252 g/mol. The number of amides is 1. The Bertz CT molecular complexity index is 487. The lowest BCUT2D eigenvalue weighted by molar-refractivity contribution is 0.0946. The maximum Gasteiger partial charge on any atom is 0.253 e. The standard InChI is InChI=1S/C15H24N4O/c1-10(2)19-5-4-12(9-19)7-18-15(20)14-6-13(16)8-17-11(14)3/h6,8,10,12H,4-5,7,9,16H2,1-3H3,(H,18,20). The molecule has 0 spiro atoms. The van der Waals surface area contributed by atoms with Crippen molar-refractivity contribution in [2.45, 2.75) is 33.2 Å². The molecule has 1 fully saturated rings. The van der Waals surface area contributed by atoms with Gasteiger partial charge in [0, 0.05) is 19.1 Å². The summed E-state index contributed by atoms with van der Waals surface area (Å²) in [6.07, 6.45) is 2.72. The van der Waals surface area contributed by atoms with E-state index in [1.165, 1.54) is 0 Å². The molecule has 110 valence electrons. The van der Waals surface area contributed by atoms with Gasteiger partial charge in [0.05, 0.1) is 23.1 Å². The normalized spacial score (nSPS) is 19.5. The second-order valence-corrected chi connectivity index (χ2v) is 5.86. The van der Waals surface area contributed by atoms with Gasteiger partial charge in [-0.3, -0.25) is 9.78 Å². The maximum atomic E-state index is 12.2. The number of hydrogen-bond donors (Lipinski definition) is 2. The number of pyridine rings is 1. The minimum Gasteiger partial charge on any atom is -0.397 e. The SMILES string of the molecule is Cc1ncc(N)cc1C(=O)NCC1CCN(C(C)C)C1. The van der Waals surface area contributed by atoms with Crippen LogP contribution in [0.2, 0.25) is 0 Å². The monoisotopic (exact) mass is 276 g/mol. The molecule has 1 aromatic rings. The van der Waals surface area contributed by atoms with Gasteiger partial charge in [0.1, 0.15) is 0 Å². The quantitative estimate of drug-likeness (QED) is 0.873. The van der Waals surface area contributed by atoms with Gasteiger partial charge in [-0.2, -0.15) is 0 Å². The summed E-state index contributed by atoms with van der Waals surface area (Å²) in [6, 6.07) is 2.27. The zero-order valence-corrected chi connectivity index (χ0v) is 12.5. The predicted octanol–water partition coefficient (Wildman–Crippen LogP) is 1.43. The highest BCUT2D eigenvalue weighted by Gasteiger charge is 2.24. The van der Waals surface area contributed by atoms with Crippen molar-refractivity contribution in [1.29, 1.82) is 0 Å². The zero-order chi connectivity index (χ0) is 14.7. The molecule has 1 saturated heterocycles. The van der Waals surface area contributed by atoms with Crippen LogP contribution >= 0.6 is 0 Å². The van der Waals surface area contributed by atoms with E-state index >= 15 is 0 Å². The van der Waals surface area contributed by atoms with Crippen LogP contribution in [0.3, 0.4) is 0 Å². The van der Waals surface area contributed by atoms with Crippen LogP contribution in [0.25, 0.3) is 0 Å². The Morgan fingerprint density at radius 3 is 3.00 bits per heavy atom. The van der Waals surface area contributed by atoms with E-state index in [0.717, 1.165) is 26.1 Å². The summed E-state index contributed by atoms with van der Waals surface area (Å²) in [4.78, 5) is 18.7. The molecule has 3 N–H and O–H groups in total. The molecule has 1 aliphatic rings. The van der Waals surface area contributed by atoms with Crippen LogP contribution in [-0.4, -0.2) is 41.5 Å². The van der Waals surface area contributed by atoms with Crippen LogP contribution < -0.4 is 11.1 Å². The van der Waals surface area contributed by atoms with Gasteiger partial charge in [0.25, 0.3) is 5.91 Å². The molecule has 0 aliphatic carbocycles. The number of nitrogens with one attached hydrogen (secondary N) is 1. The van der Waals surface area contributed by atoms with E-state index in [4.69, 9.17) is 5.73 Å². The van der Waals surface area contributed by atoms with Crippen molar-refractivity contribution in [3.63, 3.8) is 0 Å². The molecule has 0 radical (unpaired) electrons. The third-order valence-electron chi connectivity index (χ3n) is 3.95. The molecular formula is C15H24N4O. The largest absolute Gasteiger partial charge is 0.397 e. The van der Waals surface area contributed by atoms with Gasteiger partial charge in [-0.25, -0.2) is 0 Å². The molecule has 5 heteroatoms. The summed E-state index contributed by atoms with van der Waals surface area (Å²) >= 11 is 0. The minimum atomic E-state index is -0.0784. The van der Waals surface area contributed by atoms with Crippen molar-refractivity contribution in [2.24, 2.45) is 5.92 Å². The molecule has 2 heterocycles. The van der Waals surface area contributed by atoms with Gasteiger partial charge in [0.2, 0.25) is 0 Å². The van der Waals surface area contributed by atoms with Gasteiger partial charge in [-0.1, -0.05) is 0 Å². The van der Waals surface area contributed by atoms with Crippen molar-refractivity contribution < 1.29 is 4.79 Å². The number of aryl methyl sites for hydroxylation is 1. The Hall–Kier alpha value is -1.62. The van der Waals surface area contributed by atoms with Gasteiger partial charge in [-0.15, -0.1) is 0 Å². The summed E-state index contributed by atoms with van der Waals surface area (Å²) < 4.78 is 0. The lowest BCUT2D eigenvalue weighted by Crippen LogP contribution is -2.33. The van der Waals surface area contributed by atoms with Crippen LogP contribution in [0.1, 0.15) is 36.3 Å². The first-order chi connectivity index (χ1) is 9.47. The van der Waals surface area contributed by atoms with Crippen LogP contribution in [0.5, 0.6) is 0 Å². The van der Waals surface area contributed by atoms with Crippen LogP contribution in [0, 0.1) is 12.8 Å². The van der Waals surface area contributed by atoms with Crippen molar-refractivity contribution in [3.05, 3.63) is 23.5 Å². The molecule has 1 atom stereocenters. The number of nitrogens with zero attached hydrogens (tertiary/aromatic N) is 2. The lowest BCUT2D eigenvalue weighted by atomic mass is 10.1. The summed E-state index contributed by atoms with van der Waals surface area (Å²) in [6.45, 7) is 9.15. The molecule has 1 aromatic heterocycles. The molecule has 0 aromatic carbocycles. The van der Waals surface area contributed by atoms with E-state index in [1.54, 1.807) is 12.3 Å². The molecule has 0 saturated carbocycles.